The van der Waals surface area contributed by atoms with Crippen molar-refractivity contribution in [2.45, 2.75) is 174 Å². The number of allylic oxidation sites excluding steroid dienone is 15. The van der Waals surface area contributed by atoms with Gasteiger partial charge >= 0.3 is 19.8 Å². The van der Waals surface area contributed by atoms with Crippen molar-refractivity contribution in [3.8, 4) is 0 Å². The summed E-state index contributed by atoms with van der Waals surface area (Å²) in [5.74, 6) is -1.12. The summed E-state index contributed by atoms with van der Waals surface area (Å²) in [4.78, 5) is 35.0. The fourth-order valence-corrected chi connectivity index (χ4v) is 6.42. The Balaban J connectivity index is 4.37. The van der Waals surface area contributed by atoms with Crippen molar-refractivity contribution in [2.24, 2.45) is 5.73 Å². The quantitative estimate of drug-likeness (QED) is 0.0178. The Morgan fingerprint density at radius 3 is 1.68 bits per heavy atom. The second kappa shape index (κ2) is 44.0. The van der Waals surface area contributed by atoms with Crippen molar-refractivity contribution in [3.63, 3.8) is 0 Å². The second-order valence-corrected chi connectivity index (χ2v) is 16.2. The van der Waals surface area contributed by atoms with Gasteiger partial charge in [0.25, 0.3) is 0 Å². The Morgan fingerprint density at radius 1 is 0.600 bits per heavy atom. The summed E-state index contributed by atoms with van der Waals surface area (Å²) in [7, 11) is -4.45. The van der Waals surface area contributed by atoms with Crippen LogP contribution in [0.3, 0.4) is 0 Å². The lowest BCUT2D eigenvalue weighted by Gasteiger charge is -2.20. The van der Waals surface area contributed by atoms with Gasteiger partial charge in [0.15, 0.2) is 6.10 Å². The lowest BCUT2D eigenvalue weighted by molar-refractivity contribution is -0.161. The zero-order valence-electron chi connectivity index (χ0n) is 37.3. The molecule has 0 aromatic carbocycles. The Morgan fingerprint density at radius 2 is 1.12 bits per heavy atom. The number of phosphoric acid groups is 1. The van der Waals surface area contributed by atoms with Gasteiger partial charge in [-0.1, -0.05) is 169 Å². The summed E-state index contributed by atoms with van der Waals surface area (Å²) >= 11 is 0. The minimum Gasteiger partial charge on any atom is -0.462 e. The van der Waals surface area contributed by atoms with Crippen molar-refractivity contribution in [2.75, 3.05) is 26.4 Å². The zero-order valence-corrected chi connectivity index (χ0v) is 38.2. The van der Waals surface area contributed by atoms with E-state index in [2.05, 4.69) is 86.8 Å². The summed E-state index contributed by atoms with van der Waals surface area (Å²) in [6.07, 6.45) is 53.4. The number of phosphoric ester groups is 1. The van der Waals surface area contributed by atoms with E-state index in [1.807, 2.05) is 12.2 Å². The molecule has 2 unspecified atom stereocenters. The average Bonchev–Trinajstić information content (AvgIpc) is 3.23. The maximum Gasteiger partial charge on any atom is 0.472 e. The maximum absolute atomic E-state index is 12.6. The number of aliphatic hydroxyl groups is 1. The van der Waals surface area contributed by atoms with Crippen LogP contribution in [0.15, 0.2) is 97.2 Å². The van der Waals surface area contributed by atoms with Crippen molar-refractivity contribution in [3.05, 3.63) is 97.2 Å². The van der Waals surface area contributed by atoms with Gasteiger partial charge in [-0.15, -0.1) is 0 Å². The van der Waals surface area contributed by atoms with E-state index in [1.54, 1.807) is 12.2 Å². The number of esters is 2. The molecule has 0 radical (unpaired) electrons. The first-order valence-electron chi connectivity index (χ1n) is 22.8. The van der Waals surface area contributed by atoms with Gasteiger partial charge in [-0.05, 0) is 77.0 Å². The van der Waals surface area contributed by atoms with Gasteiger partial charge in [0.2, 0.25) is 0 Å². The molecular formula is C49H82NO9P. The van der Waals surface area contributed by atoms with E-state index in [-0.39, 0.29) is 39.0 Å². The van der Waals surface area contributed by atoms with Crippen LogP contribution < -0.4 is 5.73 Å². The van der Waals surface area contributed by atoms with Gasteiger partial charge in [-0.3, -0.25) is 18.6 Å². The van der Waals surface area contributed by atoms with Gasteiger partial charge < -0.3 is 25.2 Å². The van der Waals surface area contributed by atoms with E-state index in [0.717, 1.165) is 64.2 Å². The highest BCUT2D eigenvalue weighted by Gasteiger charge is 2.26. The Bertz CT molecular complexity index is 1320. The van der Waals surface area contributed by atoms with Gasteiger partial charge in [0.1, 0.15) is 6.61 Å². The Hall–Kier alpha value is -3.11. The van der Waals surface area contributed by atoms with Crippen LogP contribution in [-0.4, -0.2) is 60.5 Å². The molecule has 0 bridgehead atoms. The summed E-state index contributed by atoms with van der Waals surface area (Å²) in [5.41, 5.74) is 5.34. The maximum atomic E-state index is 12.6. The number of aliphatic hydroxyl groups excluding tert-OH is 1. The molecule has 0 fully saturated rings. The first kappa shape index (κ1) is 56.9. The molecule has 10 nitrogen and oxygen atoms in total. The molecule has 3 atom stereocenters. The third-order valence-electron chi connectivity index (χ3n) is 9.07. The molecule has 0 heterocycles. The normalized spacial score (nSPS) is 14.7. The van der Waals surface area contributed by atoms with Crippen LogP contribution in [0.1, 0.15) is 162 Å². The number of unbranched alkanes of at least 4 members (excludes halogenated alkanes) is 12. The smallest absolute Gasteiger partial charge is 0.462 e. The van der Waals surface area contributed by atoms with E-state index < -0.39 is 38.6 Å². The van der Waals surface area contributed by atoms with Crippen LogP contribution in [0.4, 0.5) is 0 Å². The molecule has 0 saturated heterocycles. The van der Waals surface area contributed by atoms with Crippen LogP contribution in [0, 0.1) is 0 Å². The SMILES string of the molecule is CC/C=C\C/C=C\C/C=C\C/C=C\C/C=C\C=C/C(O)CCC(=O)O[C@H](COC(=O)CCCCCCCCCCC/C=C\C/C=C\CCCCC)COP(=O)(O)OCCN. The van der Waals surface area contributed by atoms with Crippen LogP contribution >= 0.6 is 7.82 Å². The molecule has 4 N–H and O–H groups in total. The Kier molecular flexibility index (Phi) is 41.7. The first-order valence-corrected chi connectivity index (χ1v) is 24.3. The van der Waals surface area contributed by atoms with Crippen molar-refractivity contribution >= 4 is 19.8 Å². The first-order chi connectivity index (χ1) is 29.2. The predicted octanol–water partition coefficient (Wildman–Crippen LogP) is 12.4. The predicted molar refractivity (Wildman–Crippen MR) is 248 cm³/mol. The fourth-order valence-electron chi connectivity index (χ4n) is 5.66. The molecule has 0 spiro atoms. The molecular weight excluding hydrogens is 778 g/mol. The van der Waals surface area contributed by atoms with Crippen LogP contribution in [0.25, 0.3) is 0 Å². The van der Waals surface area contributed by atoms with Crippen molar-refractivity contribution in [1.29, 1.82) is 0 Å². The monoisotopic (exact) mass is 860 g/mol. The molecule has 0 aromatic rings. The number of rotatable bonds is 41. The molecule has 0 aromatic heterocycles. The Labute approximate surface area is 364 Å². The standard InChI is InChI=1S/C49H82NO9P/c1-3-5-7-9-11-13-15-17-19-21-22-23-25-27-29-31-33-35-37-39-48(52)56-44-47(45-58-60(54,55)57-43-42-50)59-49(53)41-40-46(51)38-36-34-32-30-28-26-24-20-18-16-14-12-10-8-6-4-2/h6,8,11-14,17-20,26,28,32,34,36,38,46-47,51H,3-5,7,9-10,15-16,21-25,27,29-31,33,35,37,39-45,50H2,1-2H3,(H,54,55)/b8-6-,13-11-,14-12-,19-17-,20-18-,28-26-,34-32-,38-36-/t46?,47-/m1/s1. The molecule has 0 aliphatic carbocycles. The summed E-state index contributed by atoms with van der Waals surface area (Å²) in [6, 6.07) is 0. The highest BCUT2D eigenvalue weighted by molar-refractivity contribution is 7.47. The van der Waals surface area contributed by atoms with E-state index >= 15 is 0 Å². The molecule has 0 rings (SSSR count). The minimum atomic E-state index is -4.45. The fraction of sp³-hybridized carbons (Fsp3) is 0.633. The average molecular weight is 860 g/mol. The number of nitrogens with two attached hydrogens (primary N) is 1. The van der Waals surface area contributed by atoms with Crippen LogP contribution in [0.2, 0.25) is 0 Å². The summed E-state index contributed by atoms with van der Waals surface area (Å²) in [5, 5.41) is 10.3. The lowest BCUT2D eigenvalue weighted by Crippen LogP contribution is -2.30. The van der Waals surface area contributed by atoms with Crippen LogP contribution in [-0.2, 0) is 32.7 Å². The van der Waals surface area contributed by atoms with E-state index in [9.17, 15) is 24.2 Å². The third-order valence-corrected chi connectivity index (χ3v) is 10.1. The molecule has 0 saturated carbocycles. The topological polar surface area (TPSA) is 155 Å². The molecule has 11 heteroatoms. The highest BCUT2D eigenvalue weighted by Crippen LogP contribution is 2.43. The van der Waals surface area contributed by atoms with Crippen LogP contribution in [0.5, 0.6) is 0 Å². The number of carbonyl (C=O) groups excluding carboxylic acids is 2. The molecule has 0 aliphatic heterocycles. The summed E-state index contributed by atoms with van der Waals surface area (Å²) in [6.45, 7) is 3.29. The van der Waals surface area contributed by atoms with Gasteiger partial charge in [0, 0.05) is 19.4 Å². The second-order valence-electron chi connectivity index (χ2n) is 14.7. The number of carbonyl (C=O) groups is 2. The van der Waals surface area contributed by atoms with E-state index in [1.165, 1.54) is 57.8 Å². The number of hydrogen-bond donors (Lipinski definition) is 3. The molecule has 0 aliphatic rings. The zero-order chi connectivity index (χ0) is 44.0. The molecule has 342 valence electrons. The van der Waals surface area contributed by atoms with Crippen molar-refractivity contribution < 1.29 is 42.7 Å². The lowest BCUT2D eigenvalue weighted by atomic mass is 10.1. The van der Waals surface area contributed by atoms with Crippen molar-refractivity contribution in [1.82, 2.24) is 0 Å². The van der Waals surface area contributed by atoms with E-state index in [4.69, 9.17) is 24.3 Å². The molecule has 60 heavy (non-hydrogen) atoms. The van der Waals surface area contributed by atoms with E-state index in [0.29, 0.717) is 6.42 Å². The number of hydrogen-bond acceptors (Lipinski definition) is 9. The number of ether oxygens (including phenoxy) is 2. The van der Waals surface area contributed by atoms with Gasteiger partial charge in [-0.2, -0.15) is 0 Å². The largest absolute Gasteiger partial charge is 0.472 e. The minimum absolute atomic E-state index is 0.0116. The third kappa shape index (κ3) is 43.0. The van der Waals surface area contributed by atoms with Gasteiger partial charge in [0.05, 0.1) is 19.3 Å². The molecule has 0 amide bonds. The summed E-state index contributed by atoms with van der Waals surface area (Å²) < 4.78 is 32.6. The van der Waals surface area contributed by atoms with Gasteiger partial charge in [-0.25, -0.2) is 4.57 Å². The highest BCUT2D eigenvalue weighted by atomic mass is 31.2.